The van der Waals surface area contributed by atoms with Crippen LogP contribution in [0, 0.1) is 13.8 Å². The molecule has 0 aliphatic heterocycles. The predicted octanol–water partition coefficient (Wildman–Crippen LogP) is 3.77. The fourth-order valence-electron chi connectivity index (χ4n) is 1.35. The molecule has 0 aliphatic carbocycles. The molecule has 2 heterocycles. The van der Waals surface area contributed by atoms with E-state index < -0.39 is 0 Å². The molecule has 0 radical (unpaired) electrons. The van der Waals surface area contributed by atoms with Gasteiger partial charge in [-0.1, -0.05) is 0 Å². The van der Waals surface area contributed by atoms with E-state index in [0.717, 1.165) is 20.6 Å². The summed E-state index contributed by atoms with van der Waals surface area (Å²) in [5, 5.41) is 2.85. The van der Waals surface area contributed by atoms with E-state index in [-0.39, 0.29) is 5.91 Å². The maximum Gasteiger partial charge on any atom is 0.265 e. The molecule has 0 unspecified atom stereocenters. The zero-order valence-electron chi connectivity index (χ0n) is 9.45. The molecule has 0 aliphatic rings. The molecular weight excluding hydrogens is 300 g/mol. The number of hydrogen-bond acceptors (Lipinski definition) is 3. The van der Waals surface area contributed by atoms with Crippen LogP contribution in [0.15, 0.2) is 29.0 Å². The summed E-state index contributed by atoms with van der Waals surface area (Å²) in [5.41, 5.74) is 1.88. The molecule has 17 heavy (non-hydrogen) atoms. The van der Waals surface area contributed by atoms with Crippen molar-refractivity contribution in [2.75, 3.05) is 5.32 Å². The Balaban J connectivity index is 2.20. The van der Waals surface area contributed by atoms with Crippen LogP contribution < -0.4 is 5.32 Å². The van der Waals surface area contributed by atoms with Gasteiger partial charge in [0.1, 0.15) is 0 Å². The second-order valence-corrected chi connectivity index (χ2v) is 5.77. The van der Waals surface area contributed by atoms with Crippen LogP contribution in [0.25, 0.3) is 0 Å². The van der Waals surface area contributed by atoms with Gasteiger partial charge in [-0.15, -0.1) is 11.3 Å². The van der Waals surface area contributed by atoms with Crippen LogP contribution in [0.2, 0.25) is 0 Å². The fraction of sp³-hybridized carbons (Fsp3) is 0.167. The number of amides is 1. The number of thiophene rings is 1. The Labute approximate surface area is 112 Å². The van der Waals surface area contributed by atoms with Gasteiger partial charge in [-0.3, -0.25) is 9.78 Å². The first-order valence-electron chi connectivity index (χ1n) is 5.06. The van der Waals surface area contributed by atoms with Crippen LogP contribution in [0.1, 0.15) is 20.1 Å². The Morgan fingerprint density at radius 3 is 2.82 bits per heavy atom. The van der Waals surface area contributed by atoms with E-state index in [1.54, 1.807) is 18.5 Å². The molecule has 0 atom stereocenters. The highest BCUT2D eigenvalue weighted by molar-refractivity contribution is 9.10. The lowest BCUT2D eigenvalue weighted by Crippen LogP contribution is -2.10. The number of nitrogens with zero attached hydrogens (tertiary/aromatic N) is 1. The van der Waals surface area contributed by atoms with Crippen molar-refractivity contribution in [1.82, 2.24) is 4.98 Å². The summed E-state index contributed by atoms with van der Waals surface area (Å²) in [5.74, 6) is -0.0851. The first-order valence-corrected chi connectivity index (χ1v) is 6.67. The molecular formula is C12H11BrN2OS. The highest BCUT2D eigenvalue weighted by Gasteiger charge is 2.11. The van der Waals surface area contributed by atoms with Gasteiger partial charge in [0.2, 0.25) is 0 Å². The van der Waals surface area contributed by atoms with Crippen LogP contribution in [-0.2, 0) is 0 Å². The number of pyridine rings is 1. The maximum atomic E-state index is 12.0. The molecule has 0 saturated heterocycles. The Hall–Kier alpha value is -1.20. The maximum absolute atomic E-state index is 12.0. The summed E-state index contributed by atoms with van der Waals surface area (Å²) < 4.78 is 0.776. The van der Waals surface area contributed by atoms with Crippen LogP contribution in [-0.4, -0.2) is 10.9 Å². The highest BCUT2D eigenvalue weighted by Crippen LogP contribution is 2.24. The molecule has 0 bridgehead atoms. The number of nitrogens with one attached hydrogen (secondary N) is 1. The first kappa shape index (κ1) is 12.3. The zero-order valence-corrected chi connectivity index (χ0v) is 11.9. The number of halogens is 1. The van der Waals surface area contributed by atoms with Gasteiger partial charge in [-0.25, -0.2) is 0 Å². The lowest BCUT2D eigenvalue weighted by molar-refractivity contribution is 0.103. The number of hydrogen-bond donors (Lipinski definition) is 1. The van der Waals surface area contributed by atoms with E-state index >= 15 is 0 Å². The minimum atomic E-state index is -0.0851. The molecule has 0 aromatic carbocycles. The van der Waals surface area contributed by atoms with Gasteiger partial charge in [0.05, 0.1) is 15.0 Å². The lowest BCUT2D eigenvalue weighted by Gasteiger charge is -2.04. The van der Waals surface area contributed by atoms with Gasteiger partial charge in [0, 0.05) is 17.3 Å². The molecule has 2 rings (SSSR count). The highest BCUT2D eigenvalue weighted by atomic mass is 79.9. The fourth-order valence-corrected chi connectivity index (χ4v) is 2.62. The van der Waals surface area contributed by atoms with Crippen molar-refractivity contribution in [3.8, 4) is 0 Å². The molecule has 2 aromatic heterocycles. The monoisotopic (exact) mass is 310 g/mol. The average molecular weight is 311 g/mol. The van der Waals surface area contributed by atoms with Gasteiger partial charge < -0.3 is 5.32 Å². The Bertz CT molecular complexity index is 546. The van der Waals surface area contributed by atoms with E-state index in [1.807, 2.05) is 19.9 Å². The van der Waals surface area contributed by atoms with Crippen molar-refractivity contribution < 1.29 is 4.79 Å². The van der Waals surface area contributed by atoms with Gasteiger partial charge in [0.15, 0.2) is 0 Å². The SMILES string of the molecule is Cc1cc(C(=O)Nc2ccncc2Br)sc1C. The number of aromatic nitrogens is 1. The normalized spacial score (nSPS) is 10.3. The first-order chi connectivity index (χ1) is 8.08. The van der Waals surface area contributed by atoms with Crippen LogP contribution in [0.3, 0.4) is 0 Å². The second-order valence-electron chi connectivity index (χ2n) is 3.66. The summed E-state index contributed by atoms with van der Waals surface area (Å²) in [7, 11) is 0. The van der Waals surface area contributed by atoms with Gasteiger partial charge in [-0.2, -0.15) is 0 Å². The third kappa shape index (κ3) is 2.73. The van der Waals surface area contributed by atoms with Crippen molar-refractivity contribution in [2.24, 2.45) is 0 Å². The largest absolute Gasteiger partial charge is 0.320 e. The molecule has 1 N–H and O–H groups in total. The molecule has 88 valence electrons. The second kappa shape index (κ2) is 4.98. The van der Waals surface area contributed by atoms with Crippen LogP contribution in [0.5, 0.6) is 0 Å². The number of anilines is 1. The summed E-state index contributed by atoms with van der Waals surface area (Å²) in [6, 6.07) is 3.67. The van der Waals surface area contributed by atoms with E-state index in [2.05, 4.69) is 26.2 Å². The van der Waals surface area contributed by atoms with Gasteiger partial charge >= 0.3 is 0 Å². The summed E-state index contributed by atoms with van der Waals surface area (Å²) in [6.07, 6.45) is 3.30. The Morgan fingerprint density at radius 2 is 2.24 bits per heavy atom. The quantitative estimate of drug-likeness (QED) is 0.917. The summed E-state index contributed by atoms with van der Waals surface area (Å²) in [4.78, 5) is 17.8. The minimum Gasteiger partial charge on any atom is -0.320 e. The van der Waals surface area contributed by atoms with Crippen molar-refractivity contribution >= 4 is 38.9 Å². The lowest BCUT2D eigenvalue weighted by atomic mass is 10.3. The molecule has 0 fully saturated rings. The molecule has 3 nitrogen and oxygen atoms in total. The van der Waals surface area contributed by atoms with Crippen molar-refractivity contribution in [1.29, 1.82) is 0 Å². The number of aryl methyl sites for hydroxylation is 2. The van der Waals surface area contributed by atoms with E-state index in [9.17, 15) is 4.79 Å². The van der Waals surface area contributed by atoms with Crippen LogP contribution >= 0.6 is 27.3 Å². The number of carbonyl (C=O) groups excluding carboxylic acids is 1. The van der Waals surface area contributed by atoms with E-state index in [0.29, 0.717) is 0 Å². The minimum absolute atomic E-state index is 0.0851. The third-order valence-corrected chi connectivity index (χ3v) is 4.19. The molecule has 0 spiro atoms. The third-order valence-electron chi connectivity index (χ3n) is 2.41. The van der Waals surface area contributed by atoms with E-state index in [4.69, 9.17) is 0 Å². The number of rotatable bonds is 2. The van der Waals surface area contributed by atoms with Gasteiger partial charge in [-0.05, 0) is 47.5 Å². The van der Waals surface area contributed by atoms with Crippen LogP contribution in [0.4, 0.5) is 5.69 Å². The molecule has 0 saturated carbocycles. The number of carbonyl (C=O) groups is 1. The van der Waals surface area contributed by atoms with Crippen molar-refractivity contribution in [3.05, 3.63) is 44.3 Å². The molecule has 2 aromatic rings. The predicted molar refractivity (Wildman–Crippen MR) is 73.7 cm³/mol. The summed E-state index contributed by atoms with van der Waals surface area (Å²) >= 11 is 4.85. The van der Waals surface area contributed by atoms with Crippen molar-refractivity contribution in [3.63, 3.8) is 0 Å². The topological polar surface area (TPSA) is 42.0 Å². The molecule has 5 heteroatoms. The Morgan fingerprint density at radius 1 is 1.47 bits per heavy atom. The standard InChI is InChI=1S/C12H11BrN2OS/c1-7-5-11(17-8(7)2)12(16)15-10-3-4-14-6-9(10)13/h3-6H,1-2H3,(H,14,15,16). The zero-order chi connectivity index (χ0) is 12.4. The van der Waals surface area contributed by atoms with E-state index in [1.165, 1.54) is 16.2 Å². The Kier molecular flexibility index (Phi) is 3.59. The van der Waals surface area contributed by atoms with Gasteiger partial charge in [0.25, 0.3) is 5.91 Å². The smallest absolute Gasteiger partial charge is 0.265 e. The summed E-state index contributed by atoms with van der Waals surface area (Å²) in [6.45, 7) is 4.02. The van der Waals surface area contributed by atoms with Crippen molar-refractivity contribution in [2.45, 2.75) is 13.8 Å². The molecule has 1 amide bonds. The average Bonchev–Trinajstić information content (AvgIpc) is 2.63.